The summed E-state index contributed by atoms with van der Waals surface area (Å²) < 4.78 is 0. The molecule has 4 N–H and O–H groups in total. The topological polar surface area (TPSA) is 71.2 Å². The van der Waals surface area contributed by atoms with Crippen molar-refractivity contribution < 1.29 is 5.11 Å². The summed E-state index contributed by atoms with van der Waals surface area (Å²) in [6.07, 6.45) is 6.84. The fraction of sp³-hybridized carbons (Fsp3) is 0.438. The summed E-state index contributed by atoms with van der Waals surface area (Å²) in [5.74, 6) is 0. The van der Waals surface area contributed by atoms with Crippen LogP contribution in [-0.2, 0) is 0 Å². The van der Waals surface area contributed by atoms with Gasteiger partial charge in [0, 0.05) is 17.3 Å². The summed E-state index contributed by atoms with van der Waals surface area (Å²) in [5, 5.41) is 14.7. The molecule has 1 heterocycles. The number of hydrogen-bond acceptors (Lipinski definition) is 4. The Balaban J connectivity index is 1.92. The number of hydrogen-bond donors (Lipinski definition) is 3. The van der Waals surface area contributed by atoms with Crippen LogP contribution in [0.25, 0.3) is 10.9 Å². The quantitative estimate of drug-likeness (QED) is 0.580. The van der Waals surface area contributed by atoms with E-state index in [1.807, 2.05) is 24.3 Å². The van der Waals surface area contributed by atoms with E-state index < -0.39 is 0 Å². The monoisotopic (exact) mass is 271 g/mol. The van der Waals surface area contributed by atoms with E-state index in [4.69, 9.17) is 5.73 Å². The van der Waals surface area contributed by atoms with Crippen LogP contribution in [0.5, 0.6) is 0 Å². The van der Waals surface area contributed by atoms with Crippen LogP contribution in [0.1, 0.15) is 32.1 Å². The third-order valence-corrected chi connectivity index (χ3v) is 4.12. The zero-order chi connectivity index (χ0) is 13.9. The maximum Gasteiger partial charge on any atom is 0.0953 e. The largest absolute Gasteiger partial charge is 0.398 e. The molecule has 106 valence electrons. The Morgan fingerprint density at radius 2 is 2.00 bits per heavy atom. The predicted molar refractivity (Wildman–Crippen MR) is 82.7 cm³/mol. The number of nitrogens with two attached hydrogens (primary N) is 1. The minimum absolute atomic E-state index is 0.103. The first kappa shape index (κ1) is 13.2. The van der Waals surface area contributed by atoms with Crippen molar-refractivity contribution in [2.24, 2.45) is 0 Å². The maximum atomic E-state index is 10.2. The Hall–Kier alpha value is -1.81. The van der Waals surface area contributed by atoms with Gasteiger partial charge in [0.15, 0.2) is 0 Å². The van der Waals surface area contributed by atoms with Gasteiger partial charge < -0.3 is 16.2 Å². The first-order valence-corrected chi connectivity index (χ1v) is 7.33. The Labute approximate surface area is 119 Å². The third-order valence-electron chi connectivity index (χ3n) is 4.12. The van der Waals surface area contributed by atoms with Gasteiger partial charge in [0.1, 0.15) is 0 Å². The van der Waals surface area contributed by atoms with Crippen molar-refractivity contribution in [3.63, 3.8) is 0 Å². The number of nitrogens with one attached hydrogen (secondary N) is 1. The molecule has 3 rings (SSSR count). The molecule has 1 aliphatic carbocycles. The van der Waals surface area contributed by atoms with Gasteiger partial charge in [-0.1, -0.05) is 19.3 Å². The molecule has 0 spiro atoms. The summed E-state index contributed by atoms with van der Waals surface area (Å²) in [6, 6.07) is 7.83. The lowest BCUT2D eigenvalue weighted by molar-refractivity contribution is 0.144. The summed E-state index contributed by atoms with van der Waals surface area (Å²) in [6.45, 7) is 0. The standard InChI is InChI=1S/C16H21N3O/c17-12-8-9-14(16-11(12)5-4-10-18-16)19-13-6-2-1-3-7-15(13)20/h4-5,8-10,13,15,19-20H,1-3,6-7,17H2. The molecule has 0 aliphatic heterocycles. The molecule has 2 atom stereocenters. The van der Waals surface area contributed by atoms with Gasteiger partial charge >= 0.3 is 0 Å². The highest BCUT2D eigenvalue weighted by Gasteiger charge is 2.22. The molecule has 0 amide bonds. The molecular weight excluding hydrogens is 250 g/mol. The number of rotatable bonds is 2. The molecule has 1 aromatic heterocycles. The van der Waals surface area contributed by atoms with Gasteiger partial charge in [-0.3, -0.25) is 4.98 Å². The van der Waals surface area contributed by atoms with Crippen LogP contribution < -0.4 is 11.1 Å². The molecule has 0 saturated heterocycles. The second-order valence-corrected chi connectivity index (χ2v) is 5.56. The van der Waals surface area contributed by atoms with Crippen LogP contribution in [0.15, 0.2) is 30.5 Å². The molecule has 0 bridgehead atoms. The molecule has 4 heteroatoms. The van der Waals surface area contributed by atoms with E-state index in [-0.39, 0.29) is 12.1 Å². The average molecular weight is 271 g/mol. The zero-order valence-corrected chi connectivity index (χ0v) is 11.5. The van der Waals surface area contributed by atoms with Crippen LogP contribution in [0.3, 0.4) is 0 Å². The summed E-state index contributed by atoms with van der Waals surface area (Å²) in [5.41, 5.74) is 8.57. The summed E-state index contributed by atoms with van der Waals surface area (Å²) >= 11 is 0. The minimum Gasteiger partial charge on any atom is -0.398 e. The molecule has 1 aromatic carbocycles. The molecule has 1 aliphatic rings. The van der Waals surface area contributed by atoms with E-state index in [9.17, 15) is 5.11 Å². The Morgan fingerprint density at radius 1 is 1.15 bits per heavy atom. The van der Waals surface area contributed by atoms with E-state index in [0.717, 1.165) is 48.0 Å². The predicted octanol–water partition coefficient (Wildman–Crippen LogP) is 2.92. The average Bonchev–Trinajstić information content (AvgIpc) is 2.67. The van der Waals surface area contributed by atoms with Crippen LogP contribution in [0.4, 0.5) is 11.4 Å². The van der Waals surface area contributed by atoms with Gasteiger partial charge in [-0.15, -0.1) is 0 Å². The van der Waals surface area contributed by atoms with Crippen molar-refractivity contribution in [3.05, 3.63) is 30.5 Å². The van der Waals surface area contributed by atoms with E-state index >= 15 is 0 Å². The maximum absolute atomic E-state index is 10.2. The molecule has 1 saturated carbocycles. The first-order chi connectivity index (χ1) is 9.75. The van der Waals surface area contributed by atoms with Gasteiger partial charge in [-0.2, -0.15) is 0 Å². The Kier molecular flexibility index (Phi) is 3.74. The second kappa shape index (κ2) is 5.67. The lowest BCUT2D eigenvalue weighted by Crippen LogP contribution is -2.32. The first-order valence-electron chi connectivity index (χ1n) is 7.33. The van der Waals surface area contributed by atoms with Crippen LogP contribution in [0, 0.1) is 0 Å². The summed E-state index contributed by atoms with van der Waals surface area (Å²) in [4.78, 5) is 4.43. The smallest absolute Gasteiger partial charge is 0.0953 e. The molecule has 0 radical (unpaired) electrons. The normalized spacial score (nSPS) is 23.4. The SMILES string of the molecule is Nc1ccc(NC2CCCCCC2O)c2ncccc12. The van der Waals surface area contributed by atoms with E-state index in [0.29, 0.717) is 0 Å². The number of fused-ring (bicyclic) bond motifs is 1. The van der Waals surface area contributed by atoms with E-state index in [1.54, 1.807) is 6.20 Å². The van der Waals surface area contributed by atoms with Crippen LogP contribution in [0.2, 0.25) is 0 Å². The van der Waals surface area contributed by atoms with Crippen molar-refractivity contribution in [3.8, 4) is 0 Å². The highest BCUT2D eigenvalue weighted by atomic mass is 16.3. The molecular formula is C16H21N3O. The van der Waals surface area contributed by atoms with Gasteiger partial charge in [-0.05, 0) is 37.1 Å². The molecule has 1 fully saturated rings. The van der Waals surface area contributed by atoms with Gasteiger partial charge in [0.25, 0.3) is 0 Å². The number of nitrogens with zero attached hydrogens (tertiary/aromatic N) is 1. The van der Waals surface area contributed by atoms with Crippen molar-refractivity contribution in [2.75, 3.05) is 11.1 Å². The van der Waals surface area contributed by atoms with Gasteiger partial charge in [0.2, 0.25) is 0 Å². The molecule has 2 aromatic rings. The van der Waals surface area contributed by atoms with Gasteiger partial charge in [-0.25, -0.2) is 0 Å². The number of aliphatic hydroxyl groups excluding tert-OH is 1. The fourth-order valence-corrected chi connectivity index (χ4v) is 2.97. The number of aliphatic hydroxyl groups is 1. The van der Waals surface area contributed by atoms with Crippen molar-refractivity contribution >= 4 is 22.3 Å². The van der Waals surface area contributed by atoms with E-state index in [1.165, 1.54) is 6.42 Å². The number of nitrogen functional groups attached to an aromatic ring is 1. The highest BCUT2D eigenvalue weighted by molar-refractivity contribution is 5.98. The Bertz CT molecular complexity index is 599. The third kappa shape index (κ3) is 2.56. The van der Waals surface area contributed by atoms with Crippen molar-refractivity contribution in [2.45, 2.75) is 44.2 Å². The van der Waals surface area contributed by atoms with E-state index in [2.05, 4.69) is 10.3 Å². The lowest BCUT2D eigenvalue weighted by Gasteiger charge is -2.23. The number of aromatic nitrogens is 1. The molecule has 20 heavy (non-hydrogen) atoms. The Morgan fingerprint density at radius 3 is 2.90 bits per heavy atom. The van der Waals surface area contributed by atoms with Gasteiger partial charge in [0.05, 0.1) is 23.3 Å². The van der Waals surface area contributed by atoms with Crippen LogP contribution >= 0.6 is 0 Å². The van der Waals surface area contributed by atoms with Crippen molar-refractivity contribution in [1.82, 2.24) is 4.98 Å². The molecule has 4 nitrogen and oxygen atoms in total. The highest BCUT2D eigenvalue weighted by Crippen LogP contribution is 2.29. The minimum atomic E-state index is -0.284. The van der Waals surface area contributed by atoms with Crippen LogP contribution in [-0.4, -0.2) is 22.2 Å². The number of anilines is 2. The number of benzene rings is 1. The fourth-order valence-electron chi connectivity index (χ4n) is 2.97. The lowest BCUT2D eigenvalue weighted by atomic mass is 10.0. The molecule has 2 unspecified atom stereocenters. The number of pyridine rings is 1. The zero-order valence-electron chi connectivity index (χ0n) is 11.5. The van der Waals surface area contributed by atoms with Crippen molar-refractivity contribution in [1.29, 1.82) is 0 Å². The second-order valence-electron chi connectivity index (χ2n) is 5.56. The summed E-state index contributed by atoms with van der Waals surface area (Å²) in [7, 11) is 0.